The minimum Gasteiger partial charge on any atom is -0.338 e. The van der Waals surface area contributed by atoms with Gasteiger partial charge in [0.1, 0.15) is 0 Å². The first-order chi connectivity index (χ1) is 10.7. The summed E-state index contributed by atoms with van der Waals surface area (Å²) < 4.78 is 0. The van der Waals surface area contributed by atoms with Gasteiger partial charge < -0.3 is 10.6 Å². The maximum absolute atomic E-state index is 11.7. The van der Waals surface area contributed by atoms with Crippen molar-refractivity contribution in [2.45, 2.75) is 64.7 Å². The number of urea groups is 1. The largest absolute Gasteiger partial charge is 0.338 e. The molecule has 3 nitrogen and oxygen atoms in total. The molecule has 2 amide bonds. The molecule has 0 aliphatic carbocycles. The van der Waals surface area contributed by atoms with Gasteiger partial charge >= 0.3 is 6.03 Å². The summed E-state index contributed by atoms with van der Waals surface area (Å²) in [4.78, 5) is 11.7. The number of amides is 2. The molecule has 124 valence electrons. The van der Waals surface area contributed by atoms with Crippen LogP contribution in [0.1, 0.15) is 64.7 Å². The van der Waals surface area contributed by atoms with Gasteiger partial charge in [-0.25, -0.2) is 4.79 Å². The van der Waals surface area contributed by atoms with Gasteiger partial charge in [0.2, 0.25) is 0 Å². The Hall–Kier alpha value is -1.22. The molecule has 0 atom stereocenters. The van der Waals surface area contributed by atoms with Crippen LogP contribution in [-0.2, 0) is 0 Å². The zero-order valence-corrected chi connectivity index (χ0v) is 14.4. The van der Waals surface area contributed by atoms with E-state index in [-0.39, 0.29) is 6.03 Å². The van der Waals surface area contributed by atoms with Gasteiger partial charge in [0.25, 0.3) is 0 Å². The number of unbranched alkanes of at least 4 members (excludes halogenated alkanes) is 8. The fourth-order valence-corrected chi connectivity index (χ4v) is 2.47. The SMILES string of the molecule is CCCCCCCCCCCNC(=O)Nc1ccc(Cl)cc1. The van der Waals surface area contributed by atoms with E-state index in [0.717, 1.165) is 18.7 Å². The Morgan fingerprint density at radius 1 is 0.909 bits per heavy atom. The summed E-state index contributed by atoms with van der Waals surface area (Å²) in [5.74, 6) is 0. The summed E-state index contributed by atoms with van der Waals surface area (Å²) in [6.07, 6.45) is 11.6. The standard InChI is InChI=1S/C18H29ClN2O/c1-2-3-4-5-6-7-8-9-10-15-20-18(22)21-17-13-11-16(19)12-14-17/h11-14H,2-10,15H2,1H3,(H2,20,21,22). The Morgan fingerprint density at radius 3 is 2.05 bits per heavy atom. The van der Waals surface area contributed by atoms with Crippen LogP contribution in [0.2, 0.25) is 5.02 Å². The van der Waals surface area contributed by atoms with Crippen LogP contribution in [-0.4, -0.2) is 12.6 Å². The summed E-state index contributed by atoms with van der Waals surface area (Å²) in [5, 5.41) is 6.34. The minimum atomic E-state index is -0.151. The highest BCUT2D eigenvalue weighted by Crippen LogP contribution is 2.13. The molecule has 22 heavy (non-hydrogen) atoms. The molecule has 0 heterocycles. The molecule has 1 aromatic rings. The number of carbonyl (C=O) groups is 1. The van der Waals surface area contributed by atoms with Crippen molar-refractivity contribution in [3.8, 4) is 0 Å². The first-order valence-corrected chi connectivity index (χ1v) is 8.90. The molecular formula is C18H29ClN2O. The van der Waals surface area contributed by atoms with Crippen molar-refractivity contribution in [2.75, 3.05) is 11.9 Å². The van der Waals surface area contributed by atoms with Crippen molar-refractivity contribution < 1.29 is 4.79 Å². The first kappa shape index (κ1) is 18.8. The maximum Gasteiger partial charge on any atom is 0.319 e. The van der Waals surface area contributed by atoms with E-state index in [9.17, 15) is 4.79 Å². The average molecular weight is 325 g/mol. The number of rotatable bonds is 11. The third kappa shape index (κ3) is 9.67. The predicted molar refractivity (Wildman–Crippen MR) is 95.7 cm³/mol. The summed E-state index contributed by atoms with van der Waals surface area (Å²) in [6, 6.07) is 6.96. The molecule has 2 N–H and O–H groups in total. The van der Waals surface area contributed by atoms with Crippen LogP contribution >= 0.6 is 11.6 Å². The molecule has 0 saturated carbocycles. The molecule has 0 radical (unpaired) electrons. The highest BCUT2D eigenvalue weighted by atomic mass is 35.5. The molecule has 0 spiro atoms. The van der Waals surface area contributed by atoms with Crippen LogP contribution < -0.4 is 10.6 Å². The molecule has 4 heteroatoms. The lowest BCUT2D eigenvalue weighted by Crippen LogP contribution is -2.29. The zero-order valence-electron chi connectivity index (χ0n) is 13.7. The number of carbonyl (C=O) groups excluding carboxylic acids is 1. The Kier molecular flexibility index (Phi) is 10.6. The van der Waals surface area contributed by atoms with E-state index in [1.807, 2.05) is 0 Å². The quantitative estimate of drug-likeness (QED) is 0.482. The third-order valence-electron chi connectivity index (χ3n) is 3.67. The second kappa shape index (κ2) is 12.3. The summed E-state index contributed by atoms with van der Waals surface area (Å²) in [7, 11) is 0. The fraction of sp³-hybridized carbons (Fsp3) is 0.611. The van der Waals surface area contributed by atoms with Crippen LogP contribution in [0.15, 0.2) is 24.3 Å². The van der Waals surface area contributed by atoms with Gasteiger partial charge in [-0.3, -0.25) is 0 Å². The predicted octanol–water partition coefficient (Wildman–Crippen LogP) is 5.99. The molecular weight excluding hydrogens is 296 g/mol. The van der Waals surface area contributed by atoms with Crippen LogP contribution in [0.3, 0.4) is 0 Å². The number of hydrogen-bond donors (Lipinski definition) is 2. The van der Waals surface area contributed by atoms with Crippen molar-refractivity contribution in [1.82, 2.24) is 5.32 Å². The van der Waals surface area contributed by atoms with Crippen molar-refractivity contribution in [3.63, 3.8) is 0 Å². The van der Waals surface area contributed by atoms with Gasteiger partial charge in [0.15, 0.2) is 0 Å². The molecule has 0 aliphatic rings. The molecule has 0 aromatic heterocycles. The highest BCUT2D eigenvalue weighted by Gasteiger charge is 2.00. The lowest BCUT2D eigenvalue weighted by molar-refractivity contribution is 0.252. The van der Waals surface area contributed by atoms with Crippen LogP contribution in [0.25, 0.3) is 0 Å². The van der Waals surface area contributed by atoms with E-state index >= 15 is 0 Å². The Balaban J connectivity index is 1.93. The van der Waals surface area contributed by atoms with E-state index in [2.05, 4.69) is 17.6 Å². The average Bonchev–Trinajstić information content (AvgIpc) is 2.51. The number of anilines is 1. The Morgan fingerprint density at radius 2 is 1.45 bits per heavy atom. The van der Waals surface area contributed by atoms with Gasteiger partial charge in [-0.05, 0) is 30.7 Å². The van der Waals surface area contributed by atoms with Gasteiger partial charge in [-0.15, -0.1) is 0 Å². The van der Waals surface area contributed by atoms with E-state index in [1.165, 1.54) is 51.4 Å². The molecule has 1 aromatic carbocycles. The number of benzene rings is 1. The maximum atomic E-state index is 11.7. The van der Waals surface area contributed by atoms with E-state index in [1.54, 1.807) is 24.3 Å². The van der Waals surface area contributed by atoms with Crippen molar-refractivity contribution in [2.24, 2.45) is 0 Å². The van der Waals surface area contributed by atoms with E-state index < -0.39 is 0 Å². The molecule has 0 unspecified atom stereocenters. The number of hydrogen-bond acceptors (Lipinski definition) is 1. The third-order valence-corrected chi connectivity index (χ3v) is 3.92. The number of nitrogens with one attached hydrogen (secondary N) is 2. The van der Waals surface area contributed by atoms with Gasteiger partial charge in [-0.1, -0.05) is 69.9 Å². The molecule has 0 bridgehead atoms. The summed E-state index contributed by atoms with van der Waals surface area (Å²) in [6.45, 7) is 2.98. The fourth-order valence-electron chi connectivity index (χ4n) is 2.35. The van der Waals surface area contributed by atoms with Crippen molar-refractivity contribution in [3.05, 3.63) is 29.3 Å². The Labute approximate surface area is 139 Å². The Bertz CT molecular complexity index is 406. The highest BCUT2D eigenvalue weighted by molar-refractivity contribution is 6.30. The summed E-state index contributed by atoms with van der Waals surface area (Å²) >= 11 is 5.80. The molecule has 1 rings (SSSR count). The number of halogens is 1. The monoisotopic (exact) mass is 324 g/mol. The second-order valence-corrected chi connectivity index (χ2v) is 6.15. The minimum absolute atomic E-state index is 0.151. The normalized spacial score (nSPS) is 10.5. The van der Waals surface area contributed by atoms with Gasteiger partial charge in [0, 0.05) is 17.3 Å². The van der Waals surface area contributed by atoms with Crippen molar-refractivity contribution >= 4 is 23.3 Å². The van der Waals surface area contributed by atoms with Crippen LogP contribution in [0.4, 0.5) is 10.5 Å². The van der Waals surface area contributed by atoms with Crippen LogP contribution in [0, 0.1) is 0 Å². The lowest BCUT2D eigenvalue weighted by Gasteiger charge is -2.07. The second-order valence-electron chi connectivity index (χ2n) is 5.72. The molecule has 0 fully saturated rings. The van der Waals surface area contributed by atoms with Gasteiger partial charge in [-0.2, -0.15) is 0 Å². The summed E-state index contributed by atoms with van der Waals surface area (Å²) in [5.41, 5.74) is 0.758. The topological polar surface area (TPSA) is 41.1 Å². The smallest absolute Gasteiger partial charge is 0.319 e. The van der Waals surface area contributed by atoms with Gasteiger partial charge in [0.05, 0.1) is 0 Å². The van der Waals surface area contributed by atoms with E-state index in [0.29, 0.717) is 5.02 Å². The van der Waals surface area contributed by atoms with E-state index in [4.69, 9.17) is 11.6 Å². The van der Waals surface area contributed by atoms with Crippen LogP contribution in [0.5, 0.6) is 0 Å². The first-order valence-electron chi connectivity index (χ1n) is 8.53. The van der Waals surface area contributed by atoms with Crippen molar-refractivity contribution in [1.29, 1.82) is 0 Å². The lowest BCUT2D eigenvalue weighted by atomic mass is 10.1. The molecule has 0 aliphatic heterocycles. The molecule has 0 saturated heterocycles. The zero-order chi connectivity index (χ0) is 16.0.